The number of carbonyl (C=O) groups excluding carboxylic acids is 1. The molecule has 0 heterocycles. The number of aliphatic hydroxyl groups is 1. The molecule has 3 nitrogen and oxygen atoms in total. The van der Waals surface area contributed by atoms with E-state index in [9.17, 15) is 9.90 Å². The Morgan fingerprint density at radius 2 is 1.85 bits per heavy atom. The van der Waals surface area contributed by atoms with Gasteiger partial charge in [-0.05, 0) is 63.2 Å². The van der Waals surface area contributed by atoms with E-state index in [4.69, 9.17) is 4.74 Å². The monoisotopic (exact) mass is 280 g/mol. The smallest absolute Gasteiger partial charge is 0.315 e. The summed E-state index contributed by atoms with van der Waals surface area (Å²) in [5, 5.41) is 11.0. The maximum Gasteiger partial charge on any atom is 0.315 e. The van der Waals surface area contributed by atoms with Gasteiger partial charge in [-0.25, -0.2) is 0 Å². The van der Waals surface area contributed by atoms with Gasteiger partial charge in [-0.2, -0.15) is 0 Å². The Kier molecular flexibility index (Phi) is 3.60. The molecule has 4 fully saturated rings. The minimum atomic E-state index is -0.859. The first-order chi connectivity index (χ1) is 9.49. The first-order valence-electron chi connectivity index (χ1n) is 8.39. The number of rotatable bonds is 5. The molecule has 4 saturated carbocycles. The lowest BCUT2D eigenvalue weighted by atomic mass is 9.43. The summed E-state index contributed by atoms with van der Waals surface area (Å²) < 4.78 is 5.57. The highest BCUT2D eigenvalue weighted by Gasteiger charge is 2.67. The van der Waals surface area contributed by atoms with Crippen molar-refractivity contribution in [3.05, 3.63) is 0 Å². The highest BCUT2D eigenvalue weighted by molar-refractivity contribution is 5.79. The lowest BCUT2D eigenvalue weighted by Crippen LogP contribution is -2.66. The van der Waals surface area contributed by atoms with Crippen LogP contribution in [0.4, 0.5) is 0 Å². The average Bonchev–Trinajstić information content (AvgIpc) is 2.40. The fourth-order valence-corrected chi connectivity index (χ4v) is 5.26. The second kappa shape index (κ2) is 5.01. The van der Waals surface area contributed by atoms with Crippen molar-refractivity contribution in [2.75, 3.05) is 6.61 Å². The minimum Gasteiger partial charge on any atom is -0.465 e. The van der Waals surface area contributed by atoms with Gasteiger partial charge in [0.15, 0.2) is 0 Å². The van der Waals surface area contributed by atoms with Crippen molar-refractivity contribution in [2.45, 2.75) is 70.8 Å². The molecule has 20 heavy (non-hydrogen) atoms. The van der Waals surface area contributed by atoms with Crippen molar-refractivity contribution in [1.29, 1.82) is 0 Å². The number of ether oxygens (including phenoxy) is 1. The number of hydrogen-bond acceptors (Lipinski definition) is 3. The maximum atomic E-state index is 12.7. The normalized spacial score (nSPS) is 45.6. The Labute approximate surface area is 122 Å². The van der Waals surface area contributed by atoms with E-state index in [1.165, 1.54) is 6.42 Å². The number of carbonyl (C=O) groups is 1. The molecule has 4 aliphatic rings. The predicted molar refractivity (Wildman–Crippen MR) is 77.1 cm³/mol. The molecule has 1 N–H and O–H groups in total. The summed E-state index contributed by atoms with van der Waals surface area (Å²) in [5.74, 6) is 1.46. The van der Waals surface area contributed by atoms with Crippen LogP contribution in [-0.4, -0.2) is 23.3 Å². The van der Waals surface area contributed by atoms with Gasteiger partial charge in [0.1, 0.15) is 0 Å². The van der Waals surface area contributed by atoms with Crippen molar-refractivity contribution < 1.29 is 14.6 Å². The highest BCUT2D eigenvalue weighted by atomic mass is 16.5. The van der Waals surface area contributed by atoms with E-state index in [0.29, 0.717) is 24.4 Å². The fourth-order valence-electron chi connectivity index (χ4n) is 5.26. The largest absolute Gasteiger partial charge is 0.465 e. The SMILES string of the molecule is CCCCCOC(=O)C12CC3CC(CC(C3)C1(C)O)C2. The van der Waals surface area contributed by atoms with Gasteiger partial charge in [-0.15, -0.1) is 0 Å². The molecule has 4 aliphatic carbocycles. The second-order valence-electron chi connectivity index (χ2n) is 7.62. The van der Waals surface area contributed by atoms with Crippen LogP contribution in [0, 0.1) is 23.2 Å². The Balaban J connectivity index is 1.73. The van der Waals surface area contributed by atoms with Crippen LogP contribution in [0.3, 0.4) is 0 Å². The Morgan fingerprint density at radius 3 is 2.45 bits per heavy atom. The quantitative estimate of drug-likeness (QED) is 0.621. The molecule has 4 bridgehead atoms. The zero-order valence-corrected chi connectivity index (χ0v) is 12.9. The van der Waals surface area contributed by atoms with E-state index >= 15 is 0 Å². The third kappa shape index (κ3) is 2.01. The first kappa shape index (κ1) is 14.4. The molecule has 0 radical (unpaired) electrons. The van der Waals surface area contributed by atoms with Gasteiger partial charge in [-0.1, -0.05) is 19.8 Å². The molecular weight excluding hydrogens is 252 g/mol. The molecule has 0 aromatic rings. The molecule has 3 atom stereocenters. The van der Waals surface area contributed by atoms with Crippen LogP contribution >= 0.6 is 0 Å². The summed E-state index contributed by atoms with van der Waals surface area (Å²) in [4.78, 5) is 12.7. The lowest BCUT2D eigenvalue weighted by molar-refractivity contribution is -0.232. The van der Waals surface area contributed by atoms with Crippen LogP contribution < -0.4 is 0 Å². The van der Waals surface area contributed by atoms with Crippen molar-refractivity contribution in [3.8, 4) is 0 Å². The number of esters is 1. The number of hydrogen-bond donors (Lipinski definition) is 1. The van der Waals surface area contributed by atoms with E-state index in [0.717, 1.165) is 44.9 Å². The van der Waals surface area contributed by atoms with Gasteiger partial charge < -0.3 is 9.84 Å². The van der Waals surface area contributed by atoms with E-state index in [1.54, 1.807) is 0 Å². The topological polar surface area (TPSA) is 46.5 Å². The van der Waals surface area contributed by atoms with Crippen LogP contribution in [0.25, 0.3) is 0 Å². The third-order valence-corrected chi connectivity index (χ3v) is 6.31. The number of unbranched alkanes of at least 4 members (excludes halogenated alkanes) is 2. The van der Waals surface area contributed by atoms with Gasteiger partial charge in [0.2, 0.25) is 0 Å². The lowest BCUT2D eigenvalue weighted by Gasteiger charge is -2.62. The van der Waals surface area contributed by atoms with Crippen LogP contribution in [0.15, 0.2) is 0 Å². The summed E-state index contributed by atoms with van der Waals surface area (Å²) in [7, 11) is 0. The van der Waals surface area contributed by atoms with Crippen LogP contribution in [0.5, 0.6) is 0 Å². The van der Waals surface area contributed by atoms with E-state index in [2.05, 4.69) is 6.92 Å². The molecule has 3 unspecified atom stereocenters. The fraction of sp³-hybridized carbons (Fsp3) is 0.941. The molecule has 0 amide bonds. The van der Waals surface area contributed by atoms with Crippen molar-refractivity contribution in [2.24, 2.45) is 23.2 Å². The Hall–Kier alpha value is -0.570. The van der Waals surface area contributed by atoms with Gasteiger partial charge in [0.05, 0.1) is 17.6 Å². The van der Waals surface area contributed by atoms with Crippen LogP contribution in [0.1, 0.15) is 65.2 Å². The maximum absolute atomic E-state index is 12.7. The van der Waals surface area contributed by atoms with Gasteiger partial charge in [0.25, 0.3) is 0 Å². The summed E-state index contributed by atoms with van der Waals surface area (Å²) in [6.45, 7) is 4.55. The minimum absolute atomic E-state index is 0.113. The molecule has 0 saturated heterocycles. The predicted octanol–water partition coefficient (Wildman–Crippen LogP) is 3.30. The van der Waals surface area contributed by atoms with E-state index < -0.39 is 11.0 Å². The van der Waals surface area contributed by atoms with E-state index in [-0.39, 0.29) is 5.97 Å². The van der Waals surface area contributed by atoms with Gasteiger partial charge >= 0.3 is 5.97 Å². The zero-order chi connectivity index (χ0) is 14.4. The van der Waals surface area contributed by atoms with Crippen LogP contribution in [-0.2, 0) is 9.53 Å². The summed E-state index contributed by atoms with van der Waals surface area (Å²) >= 11 is 0. The molecule has 114 valence electrons. The molecular formula is C17H28O3. The first-order valence-corrected chi connectivity index (χ1v) is 8.39. The zero-order valence-electron chi connectivity index (χ0n) is 12.9. The standard InChI is InChI=1S/C17H28O3/c1-3-4-5-6-20-15(18)17-10-12-7-13(11-17)9-14(8-12)16(17,2)19/h12-14,19H,3-11H2,1-2H3. The van der Waals surface area contributed by atoms with Crippen molar-refractivity contribution in [1.82, 2.24) is 0 Å². The molecule has 0 aliphatic heterocycles. The molecule has 4 rings (SSSR count). The molecule has 0 aromatic carbocycles. The van der Waals surface area contributed by atoms with Crippen molar-refractivity contribution in [3.63, 3.8) is 0 Å². The Bertz CT molecular complexity index is 374. The van der Waals surface area contributed by atoms with Gasteiger partial charge in [-0.3, -0.25) is 4.79 Å². The van der Waals surface area contributed by atoms with Gasteiger partial charge in [0, 0.05) is 0 Å². The molecule has 0 spiro atoms. The molecule has 3 heteroatoms. The second-order valence-corrected chi connectivity index (χ2v) is 7.62. The highest BCUT2D eigenvalue weighted by Crippen LogP contribution is 2.64. The van der Waals surface area contributed by atoms with Crippen molar-refractivity contribution >= 4 is 5.97 Å². The van der Waals surface area contributed by atoms with Crippen LogP contribution in [0.2, 0.25) is 0 Å². The van der Waals surface area contributed by atoms with E-state index in [1.807, 2.05) is 6.92 Å². The summed E-state index contributed by atoms with van der Waals surface area (Å²) in [5.41, 5.74) is -1.46. The third-order valence-electron chi connectivity index (χ3n) is 6.31. The average molecular weight is 280 g/mol. The Morgan fingerprint density at radius 1 is 1.20 bits per heavy atom. The molecule has 0 aromatic heterocycles. The summed E-state index contributed by atoms with van der Waals surface area (Å²) in [6.07, 6.45) is 8.34. The summed E-state index contributed by atoms with van der Waals surface area (Å²) in [6, 6.07) is 0.